The van der Waals surface area contributed by atoms with Gasteiger partial charge in [0.2, 0.25) is 0 Å². The first-order chi connectivity index (χ1) is 8.71. The average molecular weight is 268 g/mol. The zero-order valence-electron chi connectivity index (χ0n) is 10.6. The van der Waals surface area contributed by atoms with Gasteiger partial charge < -0.3 is 14.8 Å². The van der Waals surface area contributed by atoms with Crippen LogP contribution in [0.2, 0.25) is 5.02 Å². The highest BCUT2D eigenvalue weighted by atomic mass is 35.5. The van der Waals surface area contributed by atoms with Crippen LogP contribution in [0.5, 0.6) is 11.5 Å². The van der Waals surface area contributed by atoms with Crippen LogP contribution in [0.15, 0.2) is 12.1 Å². The van der Waals surface area contributed by atoms with Crippen LogP contribution in [0.4, 0.5) is 0 Å². The van der Waals surface area contributed by atoms with Crippen molar-refractivity contribution in [3.05, 3.63) is 22.7 Å². The first-order valence-corrected chi connectivity index (χ1v) is 6.92. The molecule has 0 radical (unpaired) electrons. The summed E-state index contributed by atoms with van der Waals surface area (Å²) in [6, 6.07) is 3.82. The van der Waals surface area contributed by atoms with Gasteiger partial charge in [0.15, 0.2) is 11.5 Å². The molecule has 1 N–H and O–H groups in total. The van der Waals surface area contributed by atoms with Crippen molar-refractivity contribution in [2.45, 2.75) is 31.7 Å². The van der Waals surface area contributed by atoms with Crippen LogP contribution in [0, 0.1) is 0 Å². The molecule has 0 spiro atoms. The molecule has 2 aliphatic heterocycles. The molecule has 18 heavy (non-hydrogen) atoms. The fourth-order valence-corrected chi connectivity index (χ4v) is 3.19. The van der Waals surface area contributed by atoms with Gasteiger partial charge in [-0.05, 0) is 38.4 Å². The van der Waals surface area contributed by atoms with Crippen molar-refractivity contribution >= 4 is 11.6 Å². The van der Waals surface area contributed by atoms with Crippen molar-refractivity contribution in [3.63, 3.8) is 0 Å². The highest BCUT2D eigenvalue weighted by molar-refractivity contribution is 6.31. The van der Waals surface area contributed by atoms with Gasteiger partial charge in [-0.3, -0.25) is 0 Å². The predicted molar refractivity (Wildman–Crippen MR) is 71.6 cm³/mol. The van der Waals surface area contributed by atoms with Gasteiger partial charge in [-0.2, -0.15) is 0 Å². The third kappa shape index (κ3) is 1.95. The van der Waals surface area contributed by atoms with Crippen molar-refractivity contribution in [2.75, 3.05) is 19.8 Å². The molecule has 1 fully saturated rings. The van der Waals surface area contributed by atoms with Crippen LogP contribution in [0.1, 0.15) is 31.7 Å². The van der Waals surface area contributed by atoms with Gasteiger partial charge in [0, 0.05) is 22.5 Å². The first-order valence-electron chi connectivity index (χ1n) is 6.54. The summed E-state index contributed by atoms with van der Waals surface area (Å²) < 4.78 is 11.6. The minimum atomic E-state index is -0.101. The van der Waals surface area contributed by atoms with E-state index in [0.717, 1.165) is 47.9 Å². The van der Waals surface area contributed by atoms with Gasteiger partial charge in [0.1, 0.15) is 0 Å². The van der Waals surface area contributed by atoms with Crippen LogP contribution < -0.4 is 14.8 Å². The first kappa shape index (κ1) is 12.1. The Labute approximate surface area is 112 Å². The summed E-state index contributed by atoms with van der Waals surface area (Å²) >= 11 is 6.41. The van der Waals surface area contributed by atoms with E-state index in [1.165, 1.54) is 0 Å². The number of hydrogen-bond acceptors (Lipinski definition) is 3. The largest absolute Gasteiger partial charge is 0.490 e. The molecule has 4 heteroatoms. The second kappa shape index (κ2) is 4.63. The molecule has 3 nitrogen and oxygen atoms in total. The van der Waals surface area contributed by atoms with Crippen LogP contribution in [0.3, 0.4) is 0 Å². The maximum absolute atomic E-state index is 6.41. The lowest BCUT2D eigenvalue weighted by molar-refractivity contribution is 0.292. The van der Waals surface area contributed by atoms with Gasteiger partial charge in [0.25, 0.3) is 0 Å². The summed E-state index contributed by atoms with van der Waals surface area (Å²) in [5, 5.41) is 4.30. The number of rotatable bonds is 1. The molecule has 2 heterocycles. The SMILES string of the molecule is CC1(c2c(Cl)ccc3c2OCCCO3)CCCN1. The molecule has 2 aliphatic rings. The number of ether oxygens (including phenoxy) is 2. The predicted octanol–water partition coefficient (Wildman–Crippen LogP) is 3.10. The maximum atomic E-state index is 6.41. The molecule has 3 rings (SSSR count). The average Bonchev–Trinajstić information content (AvgIpc) is 2.65. The van der Waals surface area contributed by atoms with Gasteiger partial charge >= 0.3 is 0 Å². The molecule has 0 aromatic heterocycles. The molecule has 1 aromatic rings. The van der Waals surface area contributed by atoms with E-state index in [2.05, 4.69) is 12.2 Å². The van der Waals surface area contributed by atoms with Gasteiger partial charge in [0.05, 0.1) is 13.2 Å². The lowest BCUT2D eigenvalue weighted by Crippen LogP contribution is -2.34. The zero-order valence-corrected chi connectivity index (χ0v) is 11.3. The van der Waals surface area contributed by atoms with E-state index >= 15 is 0 Å². The van der Waals surface area contributed by atoms with E-state index in [4.69, 9.17) is 21.1 Å². The highest BCUT2D eigenvalue weighted by Gasteiger charge is 2.36. The van der Waals surface area contributed by atoms with Gasteiger partial charge in [-0.25, -0.2) is 0 Å². The smallest absolute Gasteiger partial charge is 0.167 e. The fraction of sp³-hybridized carbons (Fsp3) is 0.571. The van der Waals surface area contributed by atoms with Crippen molar-refractivity contribution < 1.29 is 9.47 Å². The van der Waals surface area contributed by atoms with E-state index in [1.807, 2.05) is 12.1 Å². The van der Waals surface area contributed by atoms with Crippen molar-refractivity contribution in [1.82, 2.24) is 5.32 Å². The Kier molecular flexibility index (Phi) is 3.12. The summed E-state index contributed by atoms with van der Waals surface area (Å²) in [4.78, 5) is 0. The molecular weight excluding hydrogens is 250 g/mol. The van der Waals surface area contributed by atoms with Crippen molar-refractivity contribution in [3.8, 4) is 11.5 Å². The Hall–Kier alpha value is -0.930. The second-order valence-electron chi connectivity index (χ2n) is 5.16. The van der Waals surface area contributed by atoms with Crippen LogP contribution in [-0.2, 0) is 5.54 Å². The molecule has 1 aromatic carbocycles. The Balaban J connectivity index is 2.12. The summed E-state index contributed by atoms with van der Waals surface area (Å²) in [5.41, 5.74) is 0.955. The second-order valence-corrected chi connectivity index (χ2v) is 5.57. The Morgan fingerprint density at radius 2 is 2.06 bits per heavy atom. The van der Waals surface area contributed by atoms with E-state index in [1.54, 1.807) is 0 Å². The van der Waals surface area contributed by atoms with Gasteiger partial charge in [-0.15, -0.1) is 0 Å². The van der Waals surface area contributed by atoms with E-state index < -0.39 is 0 Å². The third-order valence-electron chi connectivity index (χ3n) is 3.78. The summed E-state index contributed by atoms with van der Waals surface area (Å²) in [5.74, 6) is 1.65. The fourth-order valence-electron chi connectivity index (χ4n) is 2.83. The van der Waals surface area contributed by atoms with Crippen molar-refractivity contribution in [2.24, 2.45) is 0 Å². The van der Waals surface area contributed by atoms with Crippen LogP contribution >= 0.6 is 11.6 Å². The number of benzene rings is 1. The number of halogens is 1. The van der Waals surface area contributed by atoms with Crippen LogP contribution in [0.25, 0.3) is 0 Å². The lowest BCUT2D eigenvalue weighted by Gasteiger charge is -2.28. The third-order valence-corrected chi connectivity index (χ3v) is 4.10. The molecule has 1 unspecified atom stereocenters. The minimum absolute atomic E-state index is 0.101. The summed E-state index contributed by atoms with van der Waals surface area (Å²) in [6.45, 7) is 4.61. The summed E-state index contributed by atoms with van der Waals surface area (Å²) in [6.07, 6.45) is 3.15. The van der Waals surface area contributed by atoms with Crippen molar-refractivity contribution in [1.29, 1.82) is 0 Å². The molecular formula is C14H18ClNO2. The number of hydrogen-bond donors (Lipinski definition) is 1. The number of fused-ring (bicyclic) bond motifs is 1. The van der Waals surface area contributed by atoms with Crippen LogP contribution in [-0.4, -0.2) is 19.8 Å². The molecule has 98 valence electrons. The molecule has 1 saturated heterocycles. The van der Waals surface area contributed by atoms with E-state index in [-0.39, 0.29) is 5.54 Å². The normalized spacial score (nSPS) is 27.0. The quantitative estimate of drug-likeness (QED) is 0.848. The molecule has 0 saturated carbocycles. The molecule has 0 bridgehead atoms. The minimum Gasteiger partial charge on any atom is -0.490 e. The Bertz CT molecular complexity index is 455. The lowest BCUT2D eigenvalue weighted by atomic mass is 9.89. The summed E-state index contributed by atoms with van der Waals surface area (Å²) in [7, 11) is 0. The molecule has 1 atom stereocenters. The monoisotopic (exact) mass is 267 g/mol. The standard InChI is InChI=1S/C14H18ClNO2/c1-14(6-2-7-16-14)12-10(15)4-5-11-13(12)18-9-3-8-17-11/h4-5,16H,2-3,6-9H2,1H3. The highest BCUT2D eigenvalue weighted by Crippen LogP contribution is 2.46. The molecule has 0 amide bonds. The van der Waals surface area contributed by atoms with Gasteiger partial charge in [-0.1, -0.05) is 11.6 Å². The van der Waals surface area contributed by atoms with E-state index in [0.29, 0.717) is 13.2 Å². The number of nitrogens with one attached hydrogen (secondary N) is 1. The molecule has 0 aliphatic carbocycles. The van der Waals surface area contributed by atoms with E-state index in [9.17, 15) is 0 Å². The zero-order chi connectivity index (χ0) is 12.6. The Morgan fingerprint density at radius 1 is 1.22 bits per heavy atom. The maximum Gasteiger partial charge on any atom is 0.167 e. The topological polar surface area (TPSA) is 30.5 Å². The Morgan fingerprint density at radius 3 is 2.83 bits per heavy atom.